The maximum Gasteiger partial charge on any atom is 0.254 e. The van der Waals surface area contributed by atoms with Gasteiger partial charge in [-0.25, -0.2) is 0 Å². The van der Waals surface area contributed by atoms with Gasteiger partial charge in [-0.1, -0.05) is 0 Å². The van der Waals surface area contributed by atoms with Crippen LogP contribution in [0.4, 0.5) is 0 Å². The molecule has 1 aromatic heterocycles. The van der Waals surface area contributed by atoms with E-state index >= 15 is 0 Å². The van der Waals surface area contributed by atoms with Gasteiger partial charge in [0.15, 0.2) is 11.5 Å². The molecule has 2 aromatic rings. The predicted octanol–water partition coefficient (Wildman–Crippen LogP) is 1.31. The van der Waals surface area contributed by atoms with E-state index in [2.05, 4.69) is 4.98 Å². The van der Waals surface area contributed by atoms with E-state index in [1.54, 1.807) is 23.1 Å². The van der Waals surface area contributed by atoms with Crippen LogP contribution in [0.1, 0.15) is 15.9 Å². The summed E-state index contributed by atoms with van der Waals surface area (Å²) in [6.45, 7) is 3.20. The van der Waals surface area contributed by atoms with Crippen LogP contribution in [0.3, 0.4) is 0 Å². The number of nitrogens with one attached hydrogen (secondary N) is 1. The summed E-state index contributed by atoms with van der Waals surface area (Å²) in [6.07, 6.45) is 4.03. The number of carbonyl (C=O) groups is 2. The Morgan fingerprint density at radius 3 is 2.42 bits per heavy atom. The first-order valence-corrected chi connectivity index (χ1v) is 8.79. The second-order valence-corrected chi connectivity index (χ2v) is 6.43. The SMILES string of the molecule is O=C(Cc1cc[nH]c1)N1CCN(C(=O)c2ccc3c(c2)OCCO3)CC1. The van der Waals surface area contributed by atoms with E-state index in [-0.39, 0.29) is 11.8 Å². The molecule has 3 heterocycles. The Balaban J connectivity index is 1.35. The molecule has 0 unspecified atom stereocenters. The Morgan fingerprint density at radius 1 is 0.962 bits per heavy atom. The zero-order valence-electron chi connectivity index (χ0n) is 14.4. The lowest BCUT2D eigenvalue weighted by Gasteiger charge is -2.35. The third kappa shape index (κ3) is 3.37. The number of amides is 2. The van der Waals surface area contributed by atoms with Crippen LogP contribution in [-0.2, 0) is 11.2 Å². The molecule has 7 nitrogen and oxygen atoms in total. The maximum absolute atomic E-state index is 12.7. The van der Waals surface area contributed by atoms with Crippen LogP contribution in [0, 0.1) is 0 Å². The molecule has 1 saturated heterocycles. The summed E-state index contributed by atoms with van der Waals surface area (Å²) in [4.78, 5) is 31.7. The van der Waals surface area contributed by atoms with Gasteiger partial charge in [0.2, 0.25) is 5.91 Å². The topological polar surface area (TPSA) is 74.9 Å². The van der Waals surface area contributed by atoms with Crippen molar-refractivity contribution in [3.8, 4) is 11.5 Å². The van der Waals surface area contributed by atoms with Crippen LogP contribution in [0.5, 0.6) is 11.5 Å². The largest absolute Gasteiger partial charge is 0.486 e. The first-order chi connectivity index (χ1) is 12.7. The molecule has 26 heavy (non-hydrogen) atoms. The van der Waals surface area contributed by atoms with E-state index in [9.17, 15) is 9.59 Å². The van der Waals surface area contributed by atoms with Crippen molar-refractivity contribution in [3.63, 3.8) is 0 Å². The number of ether oxygens (including phenoxy) is 2. The standard InChI is InChI=1S/C19H21N3O4/c23-18(11-14-3-4-20-13-14)21-5-7-22(8-6-21)19(24)15-1-2-16-17(12-15)26-10-9-25-16/h1-4,12-13,20H,5-11H2. The lowest BCUT2D eigenvalue weighted by Crippen LogP contribution is -2.51. The van der Waals surface area contributed by atoms with Crippen LogP contribution in [0.2, 0.25) is 0 Å². The van der Waals surface area contributed by atoms with E-state index in [0.717, 1.165) is 5.56 Å². The van der Waals surface area contributed by atoms with Crippen molar-refractivity contribution in [2.24, 2.45) is 0 Å². The normalized spacial score (nSPS) is 16.5. The molecule has 7 heteroatoms. The average molecular weight is 355 g/mol. The Bertz CT molecular complexity index is 795. The zero-order valence-corrected chi connectivity index (χ0v) is 14.4. The number of aromatic nitrogens is 1. The Kier molecular flexibility index (Phi) is 4.51. The van der Waals surface area contributed by atoms with Crippen molar-refractivity contribution in [1.29, 1.82) is 0 Å². The molecule has 4 rings (SSSR count). The van der Waals surface area contributed by atoms with Gasteiger partial charge in [0.25, 0.3) is 5.91 Å². The molecule has 0 atom stereocenters. The number of nitrogens with zero attached hydrogens (tertiary/aromatic N) is 2. The number of H-pyrrole nitrogens is 1. The Labute approximate surface area is 151 Å². The first-order valence-electron chi connectivity index (χ1n) is 8.79. The summed E-state index contributed by atoms with van der Waals surface area (Å²) >= 11 is 0. The third-order valence-electron chi connectivity index (χ3n) is 4.73. The third-order valence-corrected chi connectivity index (χ3v) is 4.73. The van der Waals surface area contributed by atoms with Gasteiger partial charge in [-0.15, -0.1) is 0 Å². The number of hydrogen-bond donors (Lipinski definition) is 1. The molecule has 136 valence electrons. The molecule has 0 aliphatic carbocycles. The number of fused-ring (bicyclic) bond motifs is 1. The molecular formula is C19H21N3O4. The van der Waals surface area contributed by atoms with E-state index in [4.69, 9.17) is 9.47 Å². The molecule has 2 amide bonds. The molecule has 1 fully saturated rings. The molecule has 0 bridgehead atoms. The van der Waals surface area contributed by atoms with Gasteiger partial charge in [0.1, 0.15) is 13.2 Å². The highest BCUT2D eigenvalue weighted by atomic mass is 16.6. The maximum atomic E-state index is 12.7. The molecular weight excluding hydrogens is 334 g/mol. The van der Waals surface area contributed by atoms with E-state index < -0.39 is 0 Å². The molecule has 0 saturated carbocycles. The average Bonchev–Trinajstić information content (AvgIpc) is 3.20. The number of rotatable bonds is 3. The van der Waals surface area contributed by atoms with E-state index in [1.807, 2.05) is 23.4 Å². The summed E-state index contributed by atoms with van der Waals surface area (Å²) in [5, 5.41) is 0. The minimum Gasteiger partial charge on any atom is -0.486 e. The fraction of sp³-hybridized carbons (Fsp3) is 0.368. The second-order valence-electron chi connectivity index (χ2n) is 6.43. The van der Waals surface area contributed by atoms with Gasteiger partial charge in [-0.2, -0.15) is 0 Å². The number of piperazine rings is 1. The Hall–Kier alpha value is -2.96. The van der Waals surface area contributed by atoms with Gasteiger partial charge in [0, 0.05) is 44.1 Å². The smallest absolute Gasteiger partial charge is 0.254 e. The van der Waals surface area contributed by atoms with Gasteiger partial charge in [-0.3, -0.25) is 9.59 Å². The van der Waals surface area contributed by atoms with Crippen molar-refractivity contribution in [2.75, 3.05) is 39.4 Å². The quantitative estimate of drug-likeness (QED) is 0.901. The fourth-order valence-electron chi connectivity index (χ4n) is 3.27. The van der Waals surface area contributed by atoms with Crippen LogP contribution < -0.4 is 9.47 Å². The zero-order chi connectivity index (χ0) is 17.9. The summed E-state index contributed by atoms with van der Waals surface area (Å²) in [7, 11) is 0. The minimum atomic E-state index is -0.0419. The molecule has 1 aromatic carbocycles. The summed E-state index contributed by atoms with van der Waals surface area (Å²) in [5.41, 5.74) is 1.56. The monoisotopic (exact) mass is 355 g/mol. The molecule has 0 spiro atoms. The van der Waals surface area contributed by atoms with Gasteiger partial charge in [0.05, 0.1) is 6.42 Å². The van der Waals surface area contributed by atoms with Gasteiger partial charge in [-0.05, 0) is 29.8 Å². The highest BCUT2D eigenvalue weighted by molar-refractivity contribution is 5.95. The van der Waals surface area contributed by atoms with Crippen LogP contribution in [-0.4, -0.2) is 66.0 Å². The lowest BCUT2D eigenvalue weighted by atomic mass is 10.1. The predicted molar refractivity (Wildman–Crippen MR) is 94.4 cm³/mol. The second kappa shape index (κ2) is 7.11. The number of aromatic amines is 1. The molecule has 2 aliphatic rings. The summed E-state index contributed by atoms with van der Waals surface area (Å²) in [6, 6.07) is 7.18. The lowest BCUT2D eigenvalue weighted by molar-refractivity contribution is -0.131. The van der Waals surface area contributed by atoms with Crippen LogP contribution in [0.25, 0.3) is 0 Å². The van der Waals surface area contributed by atoms with E-state index in [1.165, 1.54) is 0 Å². The highest BCUT2D eigenvalue weighted by Crippen LogP contribution is 2.31. The van der Waals surface area contributed by atoms with Crippen molar-refractivity contribution in [1.82, 2.24) is 14.8 Å². The van der Waals surface area contributed by atoms with Crippen LogP contribution in [0.15, 0.2) is 36.7 Å². The van der Waals surface area contributed by atoms with Crippen molar-refractivity contribution in [3.05, 3.63) is 47.8 Å². The van der Waals surface area contributed by atoms with Crippen molar-refractivity contribution >= 4 is 11.8 Å². The molecule has 0 radical (unpaired) electrons. The molecule has 1 N–H and O–H groups in total. The summed E-state index contributed by atoms with van der Waals surface area (Å²) < 4.78 is 11.0. The number of hydrogen-bond acceptors (Lipinski definition) is 4. The Morgan fingerprint density at radius 2 is 1.69 bits per heavy atom. The fourth-order valence-corrected chi connectivity index (χ4v) is 3.27. The summed E-state index contributed by atoms with van der Waals surface area (Å²) in [5.74, 6) is 1.34. The van der Waals surface area contributed by atoms with E-state index in [0.29, 0.717) is 62.9 Å². The minimum absolute atomic E-state index is 0.0419. The van der Waals surface area contributed by atoms with Crippen molar-refractivity contribution < 1.29 is 19.1 Å². The highest BCUT2D eigenvalue weighted by Gasteiger charge is 2.26. The molecule has 2 aliphatic heterocycles. The van der Waals surface area contributed by atoms with Gasteiger partial charge >= 0.3 is 0 Å². The number of benzene rings is 1. The number of carbonyl (C=O) groups excluding carboxylic acids is 2. The van der Waals surface area contributed by atoms with Crippen LogP contribution >= 0.6 is 0 Å². The van der Waals surface area contributed by atoms with Crippen molar-refractivity contribution in [2.45, 2.75) is 6.42 Å². The van der Waals surface area contributed by atoms with Gasteiger partial charge < -0.3 is 24.3 Å². The first kappa shape index (κ1) is 16.5.